The smallest absolute Gasteiger partial charge is 0.185 e. The molecule has 2 nitrogen and oxygen atoms in total. The summed E-state index contributed by atoms with van der Waals surface area (Å²) in [5.74, 6) is -0.474. The van der Waals surface area contributed by atoms with Crippen molar-refractivity contribution in [2.75, 3.05) is 0 Å². The number of halogens is 1. The number of benzene rings is 2. The Balaban J connectivity index is 2.14. The Labute approximate surface area is 104 Å². The minimum Gasteiger partial charge on any atom is -0.508 e. The van der Waals surface area contributed by atoms with Crippen LogP contribution in [0, 0.1) is 5.82 Å². The maximum absolute atomic E-state index is 12.7. The summed E-state index contributed by atoms with van der Waals surface area (Å²) in [6.45, 7) is 0. The van der Waals surface area contributed by atoms with Crippen LogP contribution in [0.2, 0.25) is 0 Å². The van der Waals surface area contributed by atoms with Gasteiger partial charge in [0.05, 0.1) is 0 Å². The van der Waals surface area contributed by atoms with Gasteiger partial charge in [-0.2, -0.15) is 0 Å². The summed E-state index contributed by atoms with van der Waals surface area (Å²) in [4.78, 5) is 11.8. The van der Waals surface area contributed by atoms with Gasteiger partial charge in [-0.3, -0.25) is 4.79 Å². The molecule has 3 heteroatoms. The lowest BCUT2D eigenvalue weighted by atomic mass is 10.1. The van der Waals surface area contributed by atoms with Crippen molar-refractivity contribution in [1.29, 1.82) is 0 Å². The summed E-state index contributed by atoms with van der Waals surface area (Å²) in [5.41, 5.74) is 1.15. The van der Waals surface area contributed by atoms with Gasteiger partial charge in [0.15, 0.2) is 5.78 Å². The van der Waals surface area contributed by atoms with Gasteiger partial charge in [-0.05, 0) is 35.9 Å². The maximum atomic E-state index is 12.7. The number of ketones is 1. The normalized spacial score (nSPS) is 10.7. The van der Waals surface area contributed by atoms with Crippen LogP contribution in [-0.4, -0.2) is 10.9 Å². The van der Waals surface area contributed by atoms with E-state index in [0.29, 0.717) is 5.56 Å². The molecule has 0 radical (unpaired) electrons. The molecule has 0 fully saturated rings. The minimum absolute atomic E-state index is 0.0519. The van der Waals surface area contributed by atoms with Crippen LogP contribution in [0.4, 0.5) is 4.39 Å². The lowest BCUT2D eigenvalue weighted by Gasteiger charge is -1.97. The molecule has 0 saturated heterocycles. The molecule has 90 valence electrons. The summed E-state index contributed by atoms with van der Waals surface area (Å²) in [6, 6.07) is 12.0. The molecule has 0 heterocycles. The molecule has 0 aliphatic carbocycles. The van der Waals surface area contributed by atoms with Crippen molar-refractivity contribution in [1.82, 2.24) is 0 Å². The fraction of sp³-hybridized carbons (Fsp3) is 0. The van der Waals surface area contributed by atoms with E-state index < -0.39 is 0 Å². The summed E-state index contributed by atoms with van der Waals surface area (Å²) >= 11 is 0. The fourth-order valence-electron chi connectivity index (χ4n) is 1.50. The highest BCUT2D eigenvalue weighted by atomic mass is 19.1. The van der Waals surface area contributed by atoms with E-state index in [-0.39, 0.29) is 17.3 Å². The molecule has 2 rings (SSSR count). The Kier molecular flexibility index (Phi) is 3.53. The molecule has 0 spiro atoms. The van der Waals surface area contributed by atoms with Gasteiger partial charge in [0, 0.05) is 5.56 Å². The first-order valence-corrected chi connectivity index (χ1v) is 5.42. The zero-order valence-electron chi connectivity index (χ0n) is 9.51. The van der Waals surface area contributed by atoms with Gasteiger partial charge in [-0.15, -0.1) is 0 Å². The monoisotopic (exact) mass is 242 g/mol. The largest absolute Gasteiger partial charge is 0.508 e. The van der Waals surface area contributed by atoms with E-state index in [4.69, 9.17) is 0 Å². The number of hydrogen-bond donors (Lipinski definition) is 1. The predicted molar refractivity (Wildman–Crippen MR) is 67.9 cm³/mol. The Hall–Kier alpha value is -2.42. The Bertz CT molecular complexity index is 586. The van der Waals surface area contributed by atoms with Gasteiger partial charge < -0.3 is 5.11 Å². The number of carbonyl (C=O) groups is 1. The van der Waals surface area contributed by atoms with E-state index in [1.165, 1.54) is 30.3 Å². The van der Waals surface area contributed by atoms with Crippen molar-refractivity contribution >= 4 is 11.9 Å². The van der Waals surface area contributed by atoms with Crippen LogP contribution < -0.4 is 0 Å². The van der Waals surface area contributed by atoms with E-state index in [1.807, 2.05) is 0 Å². The lowest BCUT2D eigenvalue weighted by molar-refractivity contribution is 0.104. The Morgan fingerprint density at radius 1 is 1.11 bits per heavy atom. The maximum Gasteiger partial charge on any atom is 0.185 e. The van der Waals surface area contributed by atoms with Crippen molar-refractivity contribution in [2.24, 2.45) is 0 Å². The van der Waals surface area contributed by atoms with Crippen LogP contribution in [0.15, 0.2) is 54.6 Å². The third kappa shape index (κ3) is 3.04. The van der Waals surface area contributed by atoms with Crippen LogP contribution in [0.1, 0.15) is 15.9 Å². The van der Waals surface area contributed by atoms with Gasteiger partial charge in [-0.25, -0.2) is 4.39 Å². The molecule has 2 aromatic rings. The van der Waals surface area contributed by atoms with E-state index in [9.17, 15) is 14.3 Å². The molecule has 1 N–H and O–H groups in total. The number of phenolic OH excluding ortho intramolecular Hbond substituents is 1. The second-order valence-corrected chi connectivity index (χ2v) is 3.80. The Morgan fingerprint density at radius 3 is 2.50 bits per heavy atom. The standard InChI is InChI=1S/C15H11FO2/c16-13-7-4-11(5-8-13)6-9-15(18)12-2-1-3-14(17)10-12/h1-10,17H. The van der Waals surface area contributed by atoms with Crippen LogP contribution >= 0.6 is 0 Å². The van der Waals surface area contributed by atoms with E-state index in [2.05, 4.69) is 0 Å². The van der Waals surface area contributed by atoms with Crippen molar-refractivity contribution in [3.8, 4) is 5.75 Å². The molecule has 0 atom stereocenters. The van der Waals surface area contributed by atoms with Crippen molar-refractivity contribution in [3.05, 3.63) is 71.6 Å². The zero-order valence-corrected chi connectivity index (χ0v) is 9.51. The van der Waals surface area contributed by atoms with Gasteiger partial charge in [0.2, 0.25) is 0 Å². The first-order chi connectivity index (χ1) is 8.65. The zero-order chi connectivity index (χ0) is 13.0. The molecule has 2 aromatic carbocycles. The number of aromatic hydroxyl groups is 1. The molecule has 0 aromatic heterocycles. The summed E-state index contributed by atoms with van der Waals surface area (Å²) in [7, 11) is 0. The van der Waals surface area contributed by atoms with E-state index in [1.54, 1.807) is 30.3 Å². The Morgan fingerprint density at radius 2 is 1.83 bits per heavy atom. The number of allylic oxidation sites excluding steroid dienone is 1. The van der Waals surface area contributed by atoms with Crippen LogP contribution in [-0.2, 0) is 0 Å². The SMILES string of the molecule is O=C(C=Cc1ccc(F)cc1)c1cccc(O)c1. The molecule has 0 aliphatic heterocycles. The van der Waals surface area contributed by atoms with Crippen LogP contribution in [0.5, 0.6) is 5.75 Å². The number of hydrogen-bond acceptors (Lipinski definition) is 2. The van der Waals surface area contributed by atoms with Crippen LogP contribution in [0.3, 0.4) is 0 Å². The number of carbonyl (C=O) groups excluding carboxylic acids is 1. The first-order valence-electron chi connectivity index (χ1n) is 5.42. The number of rotatable bonds is 3. The highest BCUT2D eigenvalue weighted by Crippen LogP contribution is 2.12. The minimum atomic E-state index is -0.313. The third-order valence-electron chi connectivity index (χ3n) is 2.43. The second kappa shape index (κ2) is 5.27. The quantitative estimate of drug-likeness (QED) is 0.661. The van der Waals surface area contributed by atoms with Crippen molar-refractivity contribution in [3.63, 3.8) is 0 Å². The first kappa shape index (κ1) is 12.0. The van der Waals surface area contributed by atoms with Gasteiger partial charge in [0.1, 0.15) is 11.6 Å². The van der Waals surface area contributed by atoms with Gasteiger partial charge in [0.25, 0.3) is 0 Å². The highest BCUT2D eigenvalue weighted by Gasteiger charge is 2.01. The summed E-state index contributed by atoms with van der Waals surface area (Å²) in [6.07, 6.45) is 2.99. The average Bonchev–Trinajstić information content (AvgIpc) is 2.38. The molecule has 0 bridgehead atoms. The van der Waals surface area contributed by atoms with E-state index >= 15 is 0 Å². The van der Waals surface area contributed by atoms with Gasteiger partial charge >= 0.3 is 0 Å². The highest BCUT2D eigenvalue weighted by molar-refractivity contribution is 6.07. The van der Waals surface area contributed by atoms with Crippen molar-refractivity contribution < 1.29 is 14.3 Å². The molecular formula is C15H11FO2. The average molecular weight is 242 g/mol. The lowest BCUT2D eigenvalue weighted by Crippen LogP contribution is -1.93. The predicted octanol–water partition coefficient (Wildman–Crippen LogP) is 3.43. The molecule has 0 saturated carbocycles. The fourth-order valence-corrected chi connectivity index (χ4v) is 1.50. The number of phenols is 1. The second-order valence-electron chi connectivity index (χ2n) is 3.80. The summed E-state index contributed by atoms with van der Waals surface area (Å²) < 4.78 is 12.7. The van der Waals surface area contributed by atoms with Crippen molar-refractivity contribution in [2.45, 2.75) is 0 Å². The molecule has 18 heavy (non-hydrogen) atoms. The summed E-state index contributed by atoms with van der Waals surface area (Å²) in [5, 5.41) is 9.26. The molecule has 0 amide bonds. The van der Waals surface area contributed by atoms with Crippen LogP contribution in [0.25, 0.3) is 6.08 Å². The molecular weight excluding hydrogens is 231 g/mol. The molecule has 0 aliphatic rings. The van der Waals surface area contributed by atoms with Gasteiger partial charge in [-0.1, -0.05) is 30.3 Å². The molecule has 0 unspecified atom stereocenters. The third-order valence-corrected chi connectivity index (χ3v) is 2.43. The topological polar surface area (TPSA) is 37.3 Å². The van der Waals surface area contributed by atoms with E-state index in [0.717, 1.165) is 5.56 Å².